The fourth-order valence-electron chi connectivity index (χ4n) is 4.54. The van der Waals surface area contributed by atoms with Gasteiger partial charge in [0.1, 0.15) is 0 Å². The number of esters is 2. The summed E-state index contributed by atoms with van der Waals surface area (Å²) in [6.07, 6.45) is 0. The van der Waals surface area contributed by atoms with Crippen molar-refractivity contribution in [1.29, 1.82) is 0 Å². The van der Waals surface area contributed by atoms with E-state index in [9.17, 15) is 19.2 Å². The van der Waals surface area contributed by atoms with E-state index in [0.717, 1.165) is 23.0 Å². The molecule has 2 aliphatic rings. The lowest BCUT2D eigenvalue weighted by molar-refractivity contribution is -0.115. The summed E-state index contributed by atoms with van der Waals surface area (Å²) in [6, 6.07) is 18.6. The number of rotatable bonds is 6. The minimum Gasteiger partial charge on any atom is -0.462 e. The molecule has 9 nitrogen and oxygen atoms in total. The first kappa shape index (κ1) is 27.9. The van der Waals surface area contributed by atoms with Crippen molar-refractivity contribution in [3.8, 4) is 0 Å². The molecular formula is C31H27N3O6S. The summed E-state index contributed by atoms with van der Waals surface area (Å²) in [5, 5.41) is 0.321. The maximum atomic E-state index is 14.0. The number of aliphatic imine (C=N–C) groups is 1. The highest BCUT2D eigenvalue weighted by molar-refractivity contribution is 8.19. The molecule has 10 heteroatoms. The predicted octanol–water partition coefficient (Wildman–Crippen LogP) is 5.50. The van der Waals surface area contributed by atoms with Crippen LogP contribution in [0.4, 0.5) is 17.1 Å². The number of ether oxygens (including phenoxy) is 2. The van der Waals surface area contributed by atoms with E-state index in [1.165, 1.54) is 9.80 Å². The van der Waals surface area contributed by atoms with Crippen molar-refractivity contribution < 1.29 is 28.7 Å². The lowest BCUT2D eigenvalue weighted by Crippen LogP contribution is -2.29. The average molecular weight is 570 g/mol. The van der Waals surface area contributed by atoms with E-state index >= 15 is 0 Å². The van der Waals surface area contributed by atoms with E-state index < -0.39 is 17.8 Å². The minimum atomic E-state index is -0.467. The van der Waals surface area contributed by atoms with Crippen LogP contribution in [0.15, 0.2) is 76.6 Å². The molecule has 0 radical (unpaired) electrons. The third kappa shape index (κ3) is 5.26. The van der Waals surface area contributed by atoms with Gasteiger partial charge in [-0.15, -0.1) is 0 Å². The Bertz CT molecular complexity index is 1630. The Morgan fingerprint density at radius 1 is 0.829 bits per heavy atom. The number of hydrogen-bond donors (Lipinski definition) is 0. The maximum absolute atomic E-state index is 14.0. The summed E-state index contributed by atoms with van der Waals surface area (Å²) in [4.78, 5) is 59.6. The molecule has 1 fully saturated rings. The molecule has 41 heavy (non-hydrogen) atoms. The number of anilines is 2. The number of benzene rings is 3. The van der Waals surface area contributed by atoms with Crippen LogP contribution < -0.4 is 9.80 Å². The van der Waals surface area contributed by atoms with Gasteiger partial charge in [-0.25, -0.2) is 14.6 Å². The molecule has 2 aliphatic heterocycles. The van der Waals surface area contributed by atoms with Crippen molar-refractivity contribution >= 4 is 63.3 Å². The molecule has 0 aromatic heterocycles. The van der Waals surface area contributed by atoms with Gasteiger partial charge in [-0.2, -0.15) is 0 Å². The lowest BCUT2D eigenvalue weighted by Gasteiger charge is -2.16. The second-order valence-electron chi connectivity index (χ2n) is 9.26. The Kier molecular flexibility index (Phi) is 7.76. The number of likely N-dealkylation sites (N-methyl/N-ethyl adjacent to an activating group) is 1. The second-order valence-corrected chi connectivity index (χ2v) is 10.2. The van der Waals surface area contributed by atoms with Gasteiger partial charge in [-0.3, -0.25) is 14.5 Å². The Morgan fingerprint density at radius 2 is 1.41 bits per heavy atom. The van der Waals surface area contributed by atoms with Crippen LogP contribution in [0.25, 0.3) is 5.57 Å². The van der Waals surface area contributed by atoms with Crippen molar-refractivity contribution in [3.63, 3.8) is 0 Å². The Hall–Kier alpha value is -4.70. The van der Waals surface area contributed by atoms with Crippen molar-refractivity contribution in [1.82, 2.24) is 0 Å². The van der Waals surface area contributed by atoms with Crippen molar-refractivity contribution in [3.05, 3.63) is 93.9 Å². The fourth-order valence-corrected chi connectivity index (χ4v) is 5.63. The van der Waals surface area contributed by atoms with Crippen LogP contribution in [0.1, 0.15) is 45.7 Å². The van der Waals surface area contributed by atoms with Gasteiger partial charge in [0.2, 0.25) is 0 Å². The minimum absolute atomic E-state index is 0.244. The Balaban J connectivity index is 1.60. The normalized spacial score (nSPS) is 17.3. The van der Waals surface area contributed by atoms with Gasteiger partial charge in [0, 0.05) is 12.6 Å². The maximum Gasteiger partial charge on any atom is 0.338 e. The van der Waals surface area contributed by atoms with Gasteiger partial charge < -0.3 is 14.4 Å². The molecule has 0 unspecified atom stereocenters. The molecule has 2 amide bonds. The standard InChI is InChI=1S/C31H27N3O6S/c1-5-39-29(37)19-8-12-21(13-9-19)32-31-34(22-14-10-20(11-15-22)30(38)40-6-2)28(36)26(41-31)25-23-17-18(3)7-16-24(23)33(4)27(25)35/h7-17H,5-6H2,1-4H3/b26-25+,32-31?. The fraction of sp³-hybridized carbons (Fsp3) is 0.194. The third-order valence-electron chi connectivity index (χ3n) is 6.55. The molecule has 0 aliphatic carbocycles. The van der Waals surface area contributed by atoms with Crippen molar-refractivity contribution in [2.75, 3.05) is 30.1 Å². The monoisotopic (exact) mass is 569 g/mol. The number of amidine groups is 1. The van der Waals surface area contributed by atoms with Gasteiger partial charge in [0.25, 0.3) is 11.8 Å². The van der Waals surface area contributed by atoms with Crippen molar-refractivity contribution in [2.24, 2.45) is 4.99 Å². The quantitative estimate of drug-likeness (QED) is 0.285. The first-order chi connectivity index (χ1) is 19.7. The van der Waals surface area contributed by atoms with Crippen LogP contribution in [0.3, 0.4) is 0 Å². The topological polar surface area (TPSA) is 106 Å². The summed E-state index contributed by atoms with van der Waals surface area (Å²) in [6.45, 7) is 5.90. The molecule has 208 valence electrons. The highest BCUT2D eigenvalue weighted by Gasteiger charge is 2.42. The zero-order valence-corrected chi connectivity index (χ0v) is 23.8. The van der Waals surface area contributed by atoms with E-state index in [4.69, 9.17) is 14.5 Å². The molecular weight excluding hydrogens is 542 g/mol. The van der Waals surface area contributed by atoms with Crippen LogP contribution in [-0.4, -0.2) is 49.2 Å². The second kappa shape index (κ2) is 11.4. The van der Waals surface area contributed by atoms with E-state index in [0.29, 0.717) is 38.8 Å². The van der Waals surface area contributed by atoms with Crippen LogP contribution >= 0.6 is 11.8 Å². The van der Waals surface area contributed by atoms with Crippen LogP contribution in [0.5, 0.6) is 0 Å². The zero-order chi connectivity index (χ0) is 29.3. The molecule has 0 atom stereocenters. The summed E-state index contributed by atoms with van der Waals surface area (Å²) in [5.41, 5.74) is 4.38. The molecule has 0 spiro atoms. The highest BCUT2D eigenvalue weighted by Crippen LogP contribution is 2.45. The first-order valence-electron chi connectivity index (χ1n) is 13.0. The molecule has 1 saturated heterocycles. The van der Waals surface area contributed by atoms with Crippen LogP contribution in [-0.2, 0) is 19.1 Å². The van der Waals surface area contributed by atoms with Crippen molar-refractivity contribution in [2.45, 2.75) is 20.8 Å². The molecule has 0 N–H and O–H groups in total. The molecule has 5 rings (SSSR count). The number of carbonyl (C=O) groups is 4. The summed E-state index contributed by atoms with van der Waals surface area (Å²) < 4.78 is 10.1. The summed E-state index contributed by atoms with van der Waals surface area (Å²) in [7, 11) is 1.68. The smallest absolute Gasteiger partial charge is 0.338 e. The molecule has 3 aromatic rings. The highest BCUT2D eigenvalue weighted by atomic mass is 32.2. The van der Waals surface area contributed by atoms with Gasteiger partial charge >= 0.3 is 11.9 Å². The Labute approximate surface area is 241 Å². The number of fused-ring (bicyclic) bond motifs is 1. The van der Waals surface area contributed by atoms with E-state index in [1.807, 2.05) is 25.1 Å². The predicted molar refractivity (Wildman–Crippen MR) is 158 cm³/mol. The summed E-state index contributed by atoms with van der Waals surface area (Å²) in [5.74, 6) is -1.60. The SMILES string of the molecule is CCOC(=O)c1ccc(N=C2S/C(=C3/C(=O)N(C)c4ccc(C)cc43)C(=O)N2c2ccc(C(=O)OCC)cc2)cc1. The van der Waals surface area contributed by atoms with E-state index in [1.54, 1.807) is 69.4 Å². The van der Waals surface area contributed by atoms with E-state index in [2.05, 4.69) is 0 Å². The first-order valence-corrected chi connectivity index (χ1v) is 13.8. The molecule has 0 bridgehead atoms. The number of carbonyl (C=O) groups excluding carboxylic acids is 4. The zero-order valence-electron chi connectivity index (χ0n) is 23.0. The summed E-state index contributed by atoms with van der Waals surface area (Å²) >= 11 is 1.10. The third-order valence-corrected chi connectivity index (χ3v) is 7.59. The van der Waals surface area contributed by atoms with Gasteiger partial charge in [-0.05, 0) is 93.2 Å². The molecule has 2 heterocycles. The van der Waals surface area contributed by atoms with Gasteiger partial charge in [-0.1, -0.05) is 11.6 Å². The number of thioether (sulfide) groups is 1. The van der Waals surface area contributed by atoms with Gasteiger partial charge in [0.05, 0.1) is 51.9 Å². The van der Waals surface area contributed by atoms with Gasteiger partial charge in [0.15, 0.2) is 5.17 Å². The largest absolute Gasteiger partial charge is 0.462 e. The van der Waals surface area contributed by atoms with Crippen LogP contribution in [0, 0.1) is 6.92 Å². The Morgan fingerprint density at radius 3 is 2.00 bits per heavy atom. The molecule has 0 saturated carbocycles. The number of hydrogen-bond acceptors (Lipinski definition) is 8. The van der Waals surface area contributed by atoms with E-state index in [-0.39, 0.29) is 24.0 Å². The number of amides is 2. The van der Waals surface area contributed by atoms with Crippen LogP contribution in [0.2, 0.25) is 0 Å². The number of aryl methyl sites for hydroxylation is 1. The number of nitrogens with zero attached hydrogens (tertiary/aromatic N) is 3. The molecule has 3 aromatic carbocycles. The lowest BCUT2D eigenvalue weighted by atomic mass is 10.0. The average Bonchev–Trinajstić information content (AvgIpc) is 3.40.